The lowest BCUT2D eigenvalue weighted by Crippen LogP contribution is -2.36. The van der Waals surface area contributed by atoms with E-state index in [0.717, 1.165) is 49.3 Å². The molecule has 0 aromatic carbocycles. The fraction of sp³-hybridized carbons (Fsp3) is 1.00. The van der Waals surface area contributed by atoms with E-state index in [1.807, 2.05) is 13.8 Å². The molecule has 0 unspecified atom stereocenters. The molecule has 4 heteroatoms. The first kappa shape index (κ1) is 13.1. The van der Waals surface area contributed by atoms with Gasteiger partial charge in [0.2, 0.25) is 0 Å². The normalized spacial score (nSPS) is 12.2. The standard InChI is InChI=1S/C9H23NO2Si/c1-3-11-9(13,12-4-2)7-5-6-8-10/h3-8,10H2,1-2,13H3. The van der Waals surface area contributed by atoms with Gasteiger partial charge in [0.25, 0.3) is 0 Å². The van der Waals surface area contributed by atoms with Gasteiger partial charge >= 0.3 is 0 Å². The molecule has 0 aromatic rings. The summed E-state index contributed by atoms with van der Waals surface area (Å²) < 4.78 is 11.2. The topological polar surface area (TPSA) is 44.5 Å². The van der Waals surface area contributed by atoms with E-state index in [1.54, 1.807) is 0 Å². The molecule has 0 aliphatic rings. The van der Waals surface area contributed by atoms with Crippen LogP contribution in [-0.4, -0.2) is 35.4 Å². The van der Waals surface area contributed by atoms with Crippen LogP contribution in [0.1, 0.15) is 33.1 Å². The Morgan fingerprint density at radius 1 is 1.15 bits per heavy atom. The molecule has 0 atom stereocenters. The minimum atomic E-state index is -0.265. The number of hydrogen-bond donors (Lipinski definition) is 1. The third kappa shape index (κ3) is 6.21. The van der Waals surface area contributed by atoms with Gasteiger partial charge in [-0.25, -0.2) is 0 Å². The number of hydrogen-bond acceptors (Lipinski definition) is 3. The Balaban J connectivity index is 3.76. The van der Waals surface area contributed by atoms with Gasteiger partial charge in [0.15, 0.2) is 0 Å². The largest absolute Gasteiger partial charge is 0.355 e. The molecule has 13 heavy (non-hydrogen) atoms. The zero-order valence-corrected chi connectivity index (χ0v) is 11.1. The van der Waals surface area contributed by atoms with Gasteiger partial charge in [-0.15, -0.1) is 0 Å². The van der Waals surface area contributed by atoms with E-state index < -0.39 is 0 Å². The average molecular weight is 205 g/mol. The first-order valence-corrected chi connectivity index (χ1v) is 6.16. The second-order valence-corrected chi connectivity index (χ2v) is 4.77. The third-order valence-electron chi connectivity index (χ3n) is 1.98. The number of unbranched alkanes of at least 4 members (excludes halogenated alkanes) is 1. The Hall–Kier alpha value is 0.0969. The van der Waals surface area contributed by atoms with Gasteiger partial charge in [-0.2, -0.15) is 0 Å². The molecule has 0 saturated heterocycles. The van der Waals surface area contributed by atoms with Crippen molar-refractivity contribution in [3.63, 3.8) is 0 Å². The van der Waals surface area contributed by atoms with Crippen LogP contribution in [0.15, 0.2) is 0 Å². The molecule has 0 spiro atoms. The fourth-order valence-corrected chi connectivity index (χ4v) is 2.32. The molecule has 2 N–H and O–H groups in total. The summed E-state index contributed by atoms with van der Waals surface area (Å²) in [6.45, 7) is 6.23. The lowest BCUT2D eigenvalue weighted by molar-refractivity contribution is -0.177. The summed E-state index contributed by atoms with van der Waals surface area (Å²) >= 11 is 0. The van der Waals surface area contributed by atoms with Crippen molar-refractivity contribution in [3.8, 4) is 0 Å². The fourth-order valence-electron chi connectivity index (χ4n) is 1.39. The average Bonchev–Trinajstić information content (AvgIpc) is 2.05. The minimum absolute atomic E-state index is 0.265. The van der Waals surface area contributed by atoms with Crippen molar-refractivity contribution in [2.24, 2.45) is 5.73 Å². The lowest BCUT2D eigenvalue weighted by Gasteiger charge is -2.29. The van der Waals surface area contributed by atoms with Gasteiger partial charge in [0.1, 0.15) is 5.41 Å². The van der Waals surface area contributed by atoms with E-state index >= 15 is 0 Å². The van der Waals surface area contributed by atoms with Crippen LogP contribution >= 0.6 is 0 Å². The van der Waals surface area contributed by atoms with Crippen LogP contribution in [0.5, 0.6) is 0 Å². The monoisotopic (exact) mass is 205 g/mol. The lowest BCUT2D eigenvalue weighted by atomic mass is 10.2. The maximum Gasteiger partial charge on any atom is 0.141 e. The zero-order chi connectivity index (χ0) is 10.2. The highest BCUT2D eigenvalue weighted by Crippen LogP contribution is 2.16. The van der Waals surface area contributed by atoms with Crippen LogP contribution in [0.4, 0.5) is 0 Å². The molecule has 80 valence electrons. The van der Waals surface area contributed by atoms with Gasteiger partial charge in [0, 0.05) is 13.2 Å². The van der Waals surface area contributed by atoms with Gasteiger partial charge in [-0.3, -0.25) is 0 Å². The molecule has 0 rings (SSSR count). The molecular formula is C9H23NO2Si. The predicted molar refractivity (Wildman–Crippen MR) is 58.8 cm³/mol. The summed E-state index contributed by atoms with van der Waals surface area (Å²) in [7, 11) is 0.919. The molecule has 0 radical (unpaired) electrons. The highest BCUT2D eigenvalue weighted by Gasteiger charge is 2.23. The molecule has 0 saturated carbocycles. The highest BCUT2D eigenvalue weighted by atomic mass is 28.1. The van der Waals surface area contributed by atoms with E-state index in [4.69, 9.17) is 15.2 Å². The Morgan fingerprint density at radius 2 is 1.69 bits per heavy atom. The van der Waals surface area contributed by atoms with Gasteiger partial charge in [0.05, 0.1) is 10.2 Å². The van der Waals surface area contributed by atoms with Crippen molar-refractivity contribution in [1.82, 2.24) is 0 Å². The molecule has 0 heterocycles. The smallest absolute Gasteiger partial charge is 0.141 e. The molecule has 0 aromatic heterocycles. The minimum Gasteiger partial charge on any atom is -0.355 e. The Kier molecular flexibility index (Phi) is 7.55. The SMILES string of the molecule is CCOC([SiH3])(CCCCN)OCC. The van der Waals surface area contributed by atoms with E-state index in [0.29, 0.717) is 0 Å². The van der Waals surface area contributed by atoms with Crippen molar-refractivity contribution in [2.45, 2.75) is 38.5 Å². The highest BCUT2D eigenvalue weighted by molar-refractivity contribution is 6.13. The van der Waals surface area contributed by atoms with Crippen molar-refractivity contribution < 1.29 is 9.47 Å². The molecule has 0 amide bonds. The number of rotatable bonds is 8. The molecule has 3 nitrogen and oxygen atoms in total. The molecular weight excluding hydrogens is 182 g/mol. The first-order chi connectivity index (χ1) is 6.18. The Labute approximate surface area is 84.4 Å². The number of ether oxygens (including phenoxy) is 2. The van der Waals surface area contributed by atoms with E-state index in [2.05, 4.69) is 0 Å². The van der Waals surface area contributed by atoms with Crippen molar-refractivity contribution >= 4 is 10.2 Å². The van der Waals surface area contributed by atoms with Crippen LogP contribution in [-0.2, 0) is 9.47 Å². The zero-order valence-electron chi connectivity index (χ0n) is 9.14. The van der Waals surface area contributed by atoms with E-state index in [1.165, 1.54) is 0 Å². The van der Waals surface area contributed by atoms with Crippen molar-refractivity contribution in [1.29, 1.82) is 0 Å². The van der Waals surface area contributed by atoms with Crippen LogP contribution in [0.25, 0.3) is 0 Å². The Morgan fingerprint density at radius 3 is 2.08 bits per heavy atom. The van der Waals surface area contributed by atoms with Gasteiger partial charge in [-0.1, -0.05) is 0 Å². The number of nitrogens with two attached hydrogens (primary N) is 1. The summed E-state index contributed by atoms with van der Waals surface area (Å²) in [6.07, 6.45) is 3.14. The third-order valence-corrected chi connectivity index (χ3v) is 3.06. The van der Waals surface area contributed by atoms with Gasteiger partial charge < -0.3 is 15.2 Å². The maximum absolute atomic E-state index is 5.62. The second kappa shape index (κ2) is 7.50. The molecule has 0 fully saturated rings. The molecule has 0 bridgehead atoms. The van der Waals surface area contributed by atoms with Gasteiger partial charge in [-0.05, 0) is 39.7 Å². The predicted octanol–water partition coefficient (Wildman–Crippen LogP) is 0.208. The summed E-state index contributed by atoms with van der Waals surface area (Å²) in [4.78, 5) is 0. The van der Waals surface area contributed by atoms with E-state index in [9.17, 15) is 0 Å². The van der Waals surface area contributed by atoms with Crippen LogP contribution in [0.2, 0.25) is 0 Å². The summed E-state index contributed by atoms with van der Waals surface area (Å²) in [5.74, 6) is 0. The summed E-state index contributed by atoms with van der Waals surface area (Å²) in [6, 6.07) is 0. The van der Waals surface area contributed by atoms with Crippen molar-refractivity contribution in [3.05, 3.63) is 0 Å². The Bertz CT molecular complexity index is 116. The van der Waals surface area contributed by atoms with Crippen molar-refractivity contribution in [2.75, 3.05) is 19.8 Å². The first-order valence-electron chi connectivity index (χ1n) is 5.16. The van der Waals surface area contributed by atoms with Crippen LogP contribution in [0.3, 0.4) is 0 Å². The second-order valence-electron chi connectivity index (χ2n) is 3.25. The van der Waals surface area contributed by atoms with E-state index in [-0.39, 0.29) is 5.41 Å². The summed E-state index contributed by atoms with van der Waals surface area (Å²) in [5, 5.41) is 0. The molecule has 0 aliphatic carbocycles. The molecule has 0 aliphatic heterocycles. The van der Waals surface area contributed by atoms with Crippen LogP contribution in [0, 0.1) is 0 Å². The maximum atomic E-state index is 5.62. The summed E-state index contributed by atoms with van der Waals surface area (Å²) in [5.41, 5.74) is 5.17. The van der Waals surface area contributed by atoms with Crippen LogP contribution < -0.4 is 5.73 Å². The quantitative estimate of drug-likeness (QED) is 0.350.